The lowest BCUT2D eigenvalue weighted by atomic mass is 10.2. The summed E-state index contributed by atoms with van der Waals surface area (Å²) in [6.45, 7) is 0.457. The Morgan fingerprint density at radius 2 is 1.61 bits per heavy atom. The van der Waals surface area contributed by atoms with Crippen LogP contribution < -0.4 is 9.47 Å². The van der Waals surface area contributed by atoms with Gasteiger partial charge in [0.25, 0.3) is 0 Å². The molecule has 0 unspecified atom stereocenters. The molecule has 114 valence electrons. The molecule has 0 spiro atoms. The first-order chi connectivity index (χ1) is 11.3. The van der Waals surface area contributed by atoms with Crippen LogP contribution in [-0.2, 0) is 6.61 Å². The molecule has 0 aliphatic rings. The zero-order valence-electron chi connectivity index (χ0n) is 12.4. The first-order valence-corrected chi connectivity index (χ1v) is 7.20. The van der Waals surface area contributed by atoms with Gasteiger partial charge in [0.15, 0.2) is 17.8 Å². The molecule has 3 aromatic rings. The quantitative estimate of drug-likeness (QED) is 0.638. The van der Waals surface area contributed by atoms with E-state index in [1.54, 1.807) is 12.1 Å². The van der Waals surface area contributed by atoms with Crippen LogP contribution in [0.3, 0.4) is 0 Å². The lowest BCUT2D eigenvalue weighted by molar-refractivity contribution is 0.112. The molecule has 4 nitrogen and oxygen atoms in total. The van der Waals surface area contributed by atoms with Gasteiger partial charge in [0.1, 0.15) is 6.61 Å². The molecule has 0 atom stereocenters. The summed E-state index contributed by atoms with van der Waals surface area (Å²) in [7, 11) is 0. The summed E-state index contributed by atoms with van der Waals surface area (Å²) in [6, 6.07) is 20.6. The largest absolute Gasteiger partial charge is 0.485 e. The Morgan fingerprint density at radius 1 is 0.870 bits per heavy atom. The van der Waals surface area contributed by atoms with Gasteiger partial charge in [0.2, 0.25) is 5.88 Å². The summed E-state index contributed by atoms with van der Waals surface area (Å²) in [5.41, 5.74) is 1.58. The first-order valence-electron chi connectivity index (χ1n) is 7.20. The Kier molecular flexibility index (Phi) is 4.64. The minimum Gasteiger partial charge on any atom is -0.485 e. The number of rotatable bonds is 6. The van der Waals surface area contributed by atoms with E-state index in [1.807, 2.05) is 54.6 Å². The van der Waals surface area contributed by atoms with Gasteiger partial charge in [-0.05, 0) is 23.8 Å². The van der Waals surface area contributed by atoms with Gasteiger partial charge in [-0.3, -0.25) is 4.79 Å². The van der Waals surface area contributed by atoms with Gasteiger partial charge in [-0.25, -0.2) is 4.98 Å². The van der Waals surface area contributed by atoms with Gasteiger partial charge in [-0.15, -0.1) is 0 Å². The van der Waals surface area contributed by atoms with Crippen molar-refractivity contribution in [2.75, 3.05) is 0 Å². The average Bonchev–Trinajstić information content (AvgIpc) is 2.62. The Balaban J connectivity index is 1.73. The van der Waals surface area contributed by atoms with Crippen LogP contribution in [0.5, 0.6) is 17.4 Å². The zero-order valence-corrected chi connectivity index (χ0v) is 12.4. The molecule has 0 fully saturated rings. The molecule has 0 radical (unpaired) electrons. The smallest absolute Gasteiger partial charge is 0.219 e. The number of nitrogens with zero attached hydrogens (tertiary/aromatic N) is 1. The molecule has 2 aromatic carbocycles. The maximum Gasteiger partial charge on any atom is 0.219 e. The van der Waals surface area contributed by atoms with Crippen molar-refractivity contribution in [2.24, 2.45) is 0 Å². The van der Waals surface area contributed by atoms with Crippen molar-refractivity contribution in [1.82, 2.24) is 4.98 Å². The molecule has 0 bridgehead atoms. The molecule has 0 N–H and O–H groups in total. The molecule has 0 saturated carbocycles. The van der Waals surface area contributed by atoms with E-state index in [2.05, 4.69) is 4.98 Å². The van der Waals surface area contributed by atoms with E-state index >= 15 is 0 Å². The van der Waals surface area contributed by atoms with Crippen molar-refractivity contribution in [3.8, 4) is 17.4 Å². The average molecular weight is 305 g/mol. The lowest BCUT2D eigenvalue weighted by Gasteiger charge is -2.12. The summed E-state index contributed by atoms with van der Waals surface area (Å²) in [5, 5.41) is 0. The SMILES string of the molecule is O=Cc1ccc(Oc2ccccc2OCc2ccccc2)nc1. The third-order valence-corrected chi connectivity index (χ3v) is 3.20. The normalized spacial score (nSPS) is 10.1. The fourth-order valence-corrected chi connectivity index (χ4v) is 2.02. The fraction of sp³-hybridized carbons (Fsp3) is 0.0526. The Morgan fingerprint density at radius 3 is 2.30 bits per heavy atom. The summed E-state index contributed by atoms with van der Waals surface area (Å²) in [4.78, 5) is 14.7. The van der Waals surface area contributed by atoms with Crippen molar-refractivity contribution in [3.05, 3.63) is 84.1 Å². The number of ether oxygens (including phenoxy) is 2. The number of aldehydes is 1. The Labute approximate surface area is 134 Å². The third kappa shape index (κ3) is 3.95. The zero-order chi connectivity index (χ0) is 15.9. The van der Waals surface area contributed by atoms with Crippen LogP contribution >= 0.6 is 0 Å². The Bertz CT molecular complexity index is 770. The predicted octanol–water partition coefficient (Wildman–Crippen LogP) is 4.27. The molecule has 0 amide bonds. The van der Waals surface area contributed by atoms with Gasteiger partial charge < -0.3 is 9.47 Å². The molecular weight excluding hydrogens is 290 g/mol. The highest BCUT2D eigenvalue weighted by Gasteiger charge is 2.07. The number of hydrogen-bond donors (Lipinski definition) is 0. The van der Waals surface area contributed by atoms with Crippen molar-refractivity contribution in [1.29, 1.82) is 0 Å². The van der Waals surface area contributed by atoms with Gasteiger partial charge in [-0.1, -0.05) is 42.5 Å². The van der Waals surface area contributed by atoms with Crippen LogP contribution in [0.15, 0.2) is 72.9 Å². The van der Waals surface area contributed by atoms with Gasteiger partial charge in [-0.2, -0.15) is 0 Å². The van der Waals surface area contributed by atoms with Crippen LogP contribution in [0.4, 0.5) is 0 Å². The van der Waals surface area contributed by atoms with Gasteiger partial charge >= 0.3 is 0 Å². The number of benzene rings is 2. The van der Waals surface area contributed by atoms with E-state index in [-0.39, 0.29) is 0 Å². The van der Waals surface area contributed by atoms with Crippen molar-refractivity contribution < 1.29 is 14.3 Å². The second-order valence-electron chi connectivity index (χ2n) is 4.87. The van der Waals surface area contributed by atoms with E-state index < -0.39 is 0 Å². The highest BCUT2D eigenvalue weighted by atomic mass is 16.5. The van der Waals surface area contributed by atoms with E-state index in [1.165, 1.54) is 6.20 Å². The van der Waals surface area contributed by atoms with Gasteiger partial charge in [0, 0.05) is 17.8 Å². The second-order valence-corrected chi connectivity index (χ2v) is 4.87. The third-order valence-electron chi connectivity index (χ3n) is 3.20. The molecule has 23 heavy (non-hydrogen) atoms. The minimum absolute atomic E-state index is 0.409. The van der Waals surface area contributed by atoms with E-state index in [9.17, 15) is 4.79 Å². The van der Waals surface area contributed by atoms with E-state index in [0.29, 0.717) is 29.5 Å². The molecule has 1 heterocycles. The molecule has 3 rings (SSSR count). The van der Waals surface area contributed by atoms with E-state index in [4.69, 9.17) is 9.47 Å². The predicted molar refractivity (Wildman–Crippen MR) is 86.9 cm³/mol. The van der Waals surface area contributed by atoms with Crippen LogP contribution in [0.1, 0.15) is 15.9 Å². The molecule has 0 aliphatic carbocycles. The highest BCUT2D eigenvalue weighted by Crippen LogP contribution is 2.30. The molecular formula is C19H15NO3. The number of aromatic nitrogens is 1. The highest BCUT2D eigenvalue weighted by molar-refractivity contribution is 5.74. The number of hydrogen-bond acceptors (Lipinski definition) is 4. The fourth-order valence-electron chi connectivity index (χ4n) is 2.02. The summed E-state index contributed by atoms with van der Waals surface area (Å²) >= 11 is 0. The number of para-hydroxylation sites is 2. The van der Waals surface area contributed by atoms with Crippen molar-refractivity contribution in [2.45, 2.75) is 6.61 Å². The lowest BCUT2D eigenvalue weighted by Crippen LogP contribution is -1.97. The monoisotopic (exact) mass is 305 g/mol. The topological polar surface area (TPSA) is 48.4 Å². The second kappa shape index (κ2) is 7.22. The van der Waals surface area contributed by atoms with Crippen molar-refractivity contribution >= 4 is 6.29 Å². The maximum atomic E-state index is 10.6. The first kappa shape index (κ1) is 14.8. The Hall–Kier alpha value is -3.14. The van der Waals surface area contributed by atoms with E-state index in [0.717, 1.165) is 11.8 Å². The summed E-state index contributed by atoms with van der Waals surface area (Å²) < 4.78 is 11.6. The molecule has 0 saturated heterocycles. The maximum absolute atomic E-state index is 10.6. The van der Waals surface area contributed by atoms with Gasteiger partial charge in [0.05, 0.1) is 0 Å². The number of carbonyl (C=O) groups excluding carboxylic acids is 1. The van der Waals surface area contributed by atoms with Crippen LogP contribution in [0.25, 0.3) is 0 Å². The van der Waals surface area contributed by atoms with Crippen LogP contribution in [0, 0.1) is 0 Å². The summed E-state index contributed by atoms with van der Waals surface area (Å²) in [6.07, 6.45) is 2.21. The molecule has 4 heteroatoms. The van der Waals surface area contributed by atoms with Crippen molar-refractivity contribution in [3.63, 3.8) is 0 Å². The van der Waals surface area contributed by atoms with Crippen LogP contribution in [-0.4, -0.2) is 11.3 Å². The number of pyridine rings is 1. The number of carbonyl (C=O) groups is 1. The standard InChI is InChI=1S/C19H15NO3/c21-13-16-10-11-19(20-12-16)23-18-9-5-4-8-17(18)22-14-15-6-2-1-3-7-15/h1-13H,14H2. The van der Waals surface area contributed by atoms with Crippen LogP contribution in [0.2, 0.25) is 0 Å². The summed E-state index contributed by atoms with van der Waals surface area (Å²) in [5.74, 6) is 1.62. The minimum atomic E-state index is 0.409. The molecule has 1 aromatic heterocycles. The molecule has 0 aliphatic heterocycles.